The first-order valence-electron chi connectivity index (χ1n) is 10.4. The number of aliphatic hydroxyl groups is 1. The summed E-state index contributed by atoms with van der Waals surface area (Å²) in [5.74, 6) is -1.21. The largest absolute Gasteiger partial charge is 1.00 e. The number of hydrogen-bond acceptors (Lipinski definition) is 8. The molecule has 1 amide bonds. The zero-order valence-corrected chi connectivity index (χ0v) is 22.0. The Kier molecular flexibility index (Phi) is 7.51. The number of nitrogens with zero attached hydrogens (tertiary/aromatic N) is 1. The van der Waals surface area contributed by atoms with E-state index in [1.54, 1.807) is 12.1 Å². The number of ketones is 1. The molecule has 0 saturated carbocycles. The van der Waals surface area contributed by atoms with Crippen molar-refractivity contribution in [3.05, 3.63) is 59.2 Å². The quantitative estimate of drug-likeness (QED) is 0.376. The van der Waals surface area contributed by atoms with Crippen LogP contribution in [0.2, 0.25) is 0 Å². The average Bonchev–Trinajstić information content (AvgIpc) is 2.77. The summed E-state index contributed by atoms with van der Waals surface area (Å²) in [5.41, 5.74) is 5.59. The van der Waals surface area contributed by atoms with Gasteiger partial charge in [0.1, 0.15) is 22.0 Å². The van der Waals surface area contributed by atoms with Crippen molar-refractivity contribution in [1.29, 1.82) is 0 Å². The number of nitrogens with two attached hydrogens (primary N) is 1. The maximum atomic E-state index is 13.7. The predicted octanol–water partition coefficient (Wildman–Crippen LogP) is 1.13. The Balaban J connectivity index is 0.00000216. The van der Waals surface area contributed by atoms with Crippen molar-refractivity contribution in [2.45, 2.75) is 37.0 Å². The molecule has 9 nitrogen and oxygen atoms in total. The number of rotatable bonds is 6. The Hall–Kier alpha value is -2.34. The Bertz CT molecular complexity index is 1240. The van der Waals surface area contributed by atoms with Gasteiger partial charge in [-0.1, -0.05) is 48.4 Å². The van der Waals surface area contributed by atoms with Gasteiger partial charge < -0.3 is 22.3 Å². The summed E-state index contributed by atoms with van der Waals surface area (Å²) in [5, 5.41) is 14.0. The van der Waals surface area contributed by atoms with Crippen LogP contribution >= 0.6 is 10.8 Å². The number of nitrogens with one attached hydrogen (secondary N) is 1. The van der Waals surface area contributed by atoms with Crippen LogP contribution in [0.1, 0.15) is 39.2 Å². The van der Waals surface area contributed by atoms with E-state index in [1.807, 2.05) is 26.0 Å². The van der Waals surface area contributed by atoms with Gasteiger partial charge in [0.2, 0.25) is 0 Å². The number of Topliss-reactive ketones (excluding diaryl/α,β-unsaturated/α-hetero) is 1. The molecular formula is C23H26N3NaO6S. The molecule has 0 fully saturated rings. The first-order valence-corrected chi connectivity index (χ1v) is 11.9. The normalized spacial score (nSPS) is 21.3. The number of ether oxygens (including phenoxy) is 1. The second-order valence-corrected chi connectivity index (χ2v) is 9.84. The van der Waals surface area contributed by atoms with E-state index < -0.39 is 22.1 Å². The number of carbonyl (C=O) groups is 2. The second-order valence-electron chi connectivity index (χ2n) is 8.18. The van der Waals surface area contributed by atoms with Crippen LogP contribution < -0.4 is 45.3 Å². The maximum absolute atomic E-state index is 13.7. The standard InChI is InChI=1S/C23H25N3O6S.Na.H/c1-3-10-23(2)15-7-5-4-6-14(15)20(28)19(21(23)29)22-25-16-9-8-13(32-12-18(24)27)11-17(16)33(30,31)26-22;;/h4-9,11,28,30-31H,3,10,12H2,1-2H3,(H2,24,27)(H,25,26);;/q;+1;-1. The zero-order valence-electron chi connectivity index (χ0n) is 20.2. The molecule has 0 radical (unpaired) electrons. The van der Waals surface area contributed by atoms with E-state index in [0.29, 0.717) is 12.0 Å². The number of fused-ring (bicyclic) bond motifs is 2. The Morgan fingerprint density at radius 2 is 1.97 bits per heavy atom. The molecule has 1 aliphatic heterocycles. The van der Waals surface area contributed by atoms with E-state index in [0.717, 1.165) is 12.0 Å². The molecule has 1 unspecified atom stereocenters. The fourth-order valence-electron chi connectivity index (χ4n) is 4.29. The number of benzene rings is 2. The van der Waals surface area contributed by atoms with Crippen LogP contribution in [0.4, 0.5) is 5.69 Å². The molecule has 0 aromatic heterocycles. The van der Waals surface area contributed by atoms with Crippen molar-refractivity contribution in [2.24, 2.45) is 10.1 Å². The van der Waals surface area contributed by atoms with Crippen LogP contribution in [0.15, 0.2) is 57.3 Å². The molecule has 0 spiro atoms. The number of amidine groups is 1. The van der Waals surface area contributed by atoms with Crippen molar-refractivity contribution in [1.82, 2.24) is 0 Å². The number of carbonyl (C=O) groups excluding carboxylic acids is 2. The molecular weight excluding hydrogens is 469 g/mol. The molecule has 1 heterocycles. The SMILES string of the molecule is CCCC1(C)C(=O)C(C2=NS(O)(O)c3cc(OCC(N)=O)ccc3N2)=C(O)c2ccccc21.[H-].[Na+]. The fourth-order valence-corrected chi connectivity index (χ4v) is 5.47. The fraction of sp³-hybridized carbons (Fsp3) is 0.261. The zero-order chi connectivity index (χ0) is 24.0. The van der Waals surface area contributed by atoms with Crippen molar-refractivity contribution in [3.63, 3.8) is 0 Å². The van der Waals surface area contributed by atoms with Gasteiger partial charge in [0, 0.05) is 11.6 Å². The van der Waals surface area contributed by atoms with Crippen molar-refractivity contribution < 1.29 is 59.5 Å². The monoisotopic (exact) mass is 495 g/mol. The number of amides is 1. The van der Waals surface area contributed by atoms with Gasteiger partial charge in [-0.25, -0.2) is 0 Å². The van der Waals surface area contributed by atoms with Gasteiger partial charge in [-0.05, 0) is 31.0 Å². The van der Waals surface area contributed by atoms with E-state index in [9.17, 15) is 23.8 Å². The molecule has 0 bridgehead atoms. The minimum absolute atomic E-state index is 0. The molecule has 4 rings (SSSR count). The summed E-state index contributed by atoms with van der Waals surface area (Å²) in [7, 11) is -3.74. The summed E-state index contributed by atoms with van der Waals surface area (Å²) in [4.78, 5) is 24.7. The Labute approximate surface area is 222 Å². The number of hydrogen-bond donors (Lipinski definition) is 5. The minimum atomic E-state index is -3.74. The first kappa shape index (κ1) is 26.3. The minimum Gasteiger partial charge on any atom is -1.00 e. The third-order valence-electron chi connectivity index (χ3n) is 5.83. The molecule has 1 atom stereocenters. The van der Waals surface area contributed by atoms with Gasteiger partial charge in [0.25, 0.3) is 5.91 Å². The van der Waals surface area contributed by atoms with Crippen LogP contribution in [0.5, 0.6) is 5.75 Å². The smallest absolute Gasteiger partial charge is 1.00 e. The summed E-state index contributed by atoms with van der Waals surface area (Å²) in [6, 6.07) is 11.5. The summed E-state index contributed by atoms with van der Waals surface area (Å²) in [6.07, 6.45) is 1.27. The van der Waals surface area contributed by atoms with Crippen LogP contribution in [0.3, 0.4) is 0 Å². The van der Waals surface area contributed by atoms with Crippen molar-refractivity contribution in [3.8, 4) is 5.75 Å². The van der Waals surface area contributed by atoms with E-state index in [4.69, 9.17) is 10.5 Å². The molecule has 1 aliphatic carbocycles. The third kappa shape index (κ3) is 4.49. The Morgan fingerprint density at radius 1 is 1.26 bits per heavy atom. The summed E-state index contributed by atoms with van der Waals surface area (Å²) < 4.78 is 30.8. The first-order chi connectivity index (χ1) is 15.6. The topological polar surface area (TPSA) is 154 Å². The van der Waals surface area contributed by atoms with Crippen LogP contribution in [-0.2, 0) is 15.0 Å². The molecule has 34 heavy (non-hydrogen) atoms. The van der Waals surface area contributed by atoms with E-state index >= 15 is 0 Å². The van der Waals surface area contributed by atoms with Gasteiger partial charge in [0.05, 0.1) is 11.1 Å². The van der Waals surface area contributed by atoms with E-state index in [-0.39, 0.29) is 76.9 Å². The van der Waals surface area contributed by atoms with Crippen LogP contribution in [0, 0.1) is 0 Å². The summed E-state index contributed by atoms with van der Waals surface area (Å²) >= 11 is 0. The third-order valence-corrected chi connectivity index (χ3v) is 7.19. The van der Waals surface area contributed by atoms with Gasteiger partial charge in [-0.3, -0.25) is 18.7 Å². The predicted molar refractivity (Wildman–Crippen MR) is 128 cm³/mol. The van der Waals surface area contributed by atoms with Crippen molar-refractivity contribution >= 4 is 39.7 Å². The number of primary amides is 1. The maximum Gasteiger partial charge on any atom is 1.00 e. The Morgan fingerprint density at radius 3 is 2.65 bits per heavy atom. The molecule has 2 aromatic carbocycles. The van der Waals surface area contributed by atoms with Crippen LogP contribution in [0.25, 0.3) is 5.76 Å². The second kappa shape index (κ2) is 9.73. The molecule has 2 aliphatic rings. The van der Waals surface area contributed by atoms with Gasteiger partial charge >= 0.3 is 29.6 Å². The van der Waals surface area contributed by atoms with Gasteiger partial charge in [-0.2, -0.15) is 0 Å². The van der Waals surface area contributed by atoms with Gasteiger partial charge in [-0.15, -0.1) is 4.40 Å². The molecule has 0 saturated heterocycles. The average molecular weight is 496 g/mol. The van der Waals surface area contributed by atoms with Crippen molar-refractivity contribution in [2.75, 3.05) is 11.9 Å². The van der Waals surface area contributed by atoms with Gasteiger partial charge in [0.15, 0.2) is 18.2 Å². The molecule has 176 valence electrons. The molecule has 11 heteroatoms. The summed E-state index contributed by atoms with van der Waals surface area (Å²) in [6.45, 7) is 3.42. The molecule has 2 aromatic rings. The van der Waals surface area contributed by atoms with E-state index in [2.05, 4.69) is 9.71 Å². The number of aliphatic hydroxyl groups excluding tert-OH is 1. The molecule has 6 N–H and O–H groups in total. The number of anilines is 1. The van der Waals surface area contributed by atoms with E-state index in [1.165, 1.54) is 18.2 Å². The van der Waals surface area contributed by atoms with Crippen LogP contribution in [-0.4, -0.2) is 38.3 Å².